The molecule has 21 heavy (non-hydrogen) atoms. The van der Waals surface area contributed by atoms with E-state index in [0.717, 1.165) is 23.1 Å². The molecule has 2 aromatic heterocycles. The highest BCUT2D eigenvalue weighted by molar-refractivity contribution is 7.16. The topological polar surface area (TPSA) is 98.1 Å². The van der Waals surface area contributed by atoms with Crippen molar-refractivity contribution < 1.29 is 4.79 Å². The highest BCUT2D eigenvalue weighted by atomic mass is 32.1. The predicted octanol–water partition coefficient (Wildman–Crippen LogP) is 1.50. The van der Waals surface area contributed by atoms with Crippen LogP contribution < -0.4 is 11.5 Å². The summed E-state index contributed by atoms with van der Waals surface area (Å²) in [5, 5.41) is 2.85. The number of fused-ring (bicyclic) bond motifs is 1. The lowest BCUT2D eigenvalue weighted by Gasteiger charge is -2.26. The normalized spacial score (nSPS) is 16.0. The number of anilines is 1. The van der Waals surface area contributed by atoms with Crippen molar-refractivity contribution in [2.75, 3.05) is 12.3 Å². The van der Waals surface area contributed by atoms with Crippen LogP contribution in [0.15, 0.2) is 11.4 Å². The lowest BCUT2D eigenvalue weighted by atomic mass is 10.2. The molecule has 112 valence electrons. The first-order valence-corrected chi connectivity index (χ1v) is 8.03. The SMILES string of the molecule is NC(=O)CN(Cc1nc(N)c2ccsc2n1)C1CCCC1. The molecule has 0 bridgehead atoms. The molecule has 0 saturated heterocycles. The number of hydrogen-bond acceptors (Lipinski definition) is 6. The molecule has 1 fully saturated rings. The molecule has 1 aliphatic rings. The van der Waals surface area contributed by atoms with Gasteiger partial charge in [-0.25, -0.2) is 9.97 Å². The van der Waals surface area contributed by atoms with Crippen molar-refractivity contribution in [3.05, 3.63) is 17.3 Å². The average Bonchev–Trinajstić information content (AvgIpc) is 3.08. The van der Waals surface area contributed by atoms with E-state index in [0.29, 0.717) is 24.2 Å². The van der Waals surface area contributed by atoms with Gasteiger partial charge in [0.2, 0.25) is 5.91 Å². The summed E-state index contributed by atoms with van der Waals surface area (Å²) < 4.78 is 0. The van der Waals surface area contributed by atoms with E-state index in [9.17, 15) is 4.79 Å². The van der Waals surface area contributed by atoms with Gasteiger partial charge in [0.05, 0.1) is 18.5 Å². The maximum atomic E-state index is 11.3. The summed E-state index contributed by atoms with van der Waals surface area (Å²) >= 11 is 1.55. The number of carbonyl (C=O) groups is 1. The zero-order chi connectivity index (χ0) is 14.8. The first-order chi connectivity index (χ1) is 10.1. The lowest BCUT2D eigenvalue weighted by molar-refractivity contribution is -0.119. The van der Waals surface area contributed by atoms with E-state index >= 15 is 0 Å². The molecule has 2 aromatic rings. The third kappa shape index (κ3) is 3.14. The Hall–Kier alpha value is -1.73. The molecule has 0 atom stereocenters. The van der Waals surface area contributed by atoms with Crippen LogP contribution in [0.3, 0.4) is 0 Å². The van der Waals surface area contributed by atoms with Crippen molar-refractivity contribution in [2.45, 2.75) is 38.3 Å². The second-order valence-corrected chi connectivity index (χ2v) is 6.37. The monoisotopic (exact) mass is 305 g/mol. The summed E-state index contributed by atoms with van der Waals surface area (Å²) in [6, 6.07) is 2.32. The number of carbonyl (C=O) groups excluding carboxylic acids is 1. The van der Waals surface area contributed by atoms with E-state index in [-0.39, 0.29) is 12.5 Å². The third-order valence-electron chi connectivity index (χ3n) is 3.95. The summed E-state index contributed by atoms with van der Waals surface area (Å²) in [5.74, 6) is 0.851. The van der Waals surface area contributed by atoms with Crippen LogP contribution in [0.4, 0.5) is 5.82 Å². The van der Waals surface area contributed by atoms with E-state index in [1.165, 1.54) is 12.8 Å². The first kappa shape index (κ1) is 14.2. The molecular formula is C14H19N5OS. The van der Waals surface area contributed by atoms with Gasteiger partial charge in [-0.1, -0.05) is 12.8 Å². The number of nitrogens with zero attached hydrogens (tertiary/aromatic N) is 3. The smallest absolute Gasteiger partial charge is 0.231 e. The molecule has 3 rings (SSSR count). The van der Waals surface area contributed by atoms with Crippen LogP contribution in [0.25, 0.3) is 10.2 Å². The maximum Gasteiger partial charge on any atom is 0.231 e. The van der Waals surface area contributed by atoms with Gasteiger partial charge < -0.3 is 11.5 Å². The molecule has 0 unspecified atom stereocenters. The number of nitrogen functional groups attached to an aromatic ring is 1. The lowest BCUT2D eigenvalue weighted by Crippen LogP contribution is -2.40. The second-order valence-electron chi connectivity index (χ2n) is 5.47. The van der Waals surface area contributed by atoms with E-state index in [1.54, 1.807) is 11.3 Å². The minimum atomic E-state index is -0.313. The van der Waals surface area contributed by atoms with E-state index in [2.05, 4.69) is 14.9 Å². The van der Waals surface area contributed by atoms with Gasteiger partial charge in [0, 0.05) is 6.04 Å². The fraction of sp³-hybridized carbons (Fsp3) is 0.500. The standard InChI is InChI=1S/C14H19N5OS/c15-11(20)7-19(9-3-1-2-4-9)8-12-17-13(16)10-5-6-21-14(10)18-12/h5-6,9H,1-4,7-8H2,(H2,15,20)(H2,16,17,18). The van der Waals surface area contributed by atoms with Crippen molar-refractivity contribution in [1.29, 1.82) is 0 Å². The number of aromatic nitrogens is 2. The van der Waals surface area contributed by atoms with Gasteiger partial charge in [-0.2, -0.15) is 0 Å². The molecule has 0 radical (unpaired) electrons. The first-order valence-electron chi connectivity index (χ1n) is 7.15. The molecule has 6 nitrogen and oxygen atoms in total. The van der Waals surface area contributed by atoms with E-state index < -0.39 is 0 Å². The van der Waals surface area contributed by atoms with Gasteiger partial charge in [-0.3, -0.25) is 9.69 Å². The second kappa shape index (κ2) is 5.95. The highest BCUT2D eigenvalue weighted by Crippen LogP contribution is 2.26. The third-order valence-corrected chi connectivity index (χ3v) is 4.75. The van der Waals surface area contributed by atoms with Crippen molar-refractivity contribution in [1.82, 2.24) is 14.9 Å². The molecule has 1 amide bonds. The number of rotatable bonds is 5. The Kier molecular flexibility index (Phi) is 4.03. The summed E-state index contributed by atoms with van der Waals surface area (Å²) in [5.41, 5.74) is 11.4. The molecule has 0 aromatic carbocycles. The highest BCUT2D eigenvalue weighted by Gasteiger charge is 2.25. The predicted molar refractivity (Wildman–Crippen MR) is 83.7 cm³/mol. The van der Waals surface area contributed by atoms with Gasteiger partial charge in [0.25, 0.3) is 0 Å². The Labute approximate surface area is 127 Å². The zero-order valence-corrected chi connectivity index (χ0v) is 12.6. The van der Waals surface area contributed by atoms with Gasteiger partial charge in [0.15, 0.2) is 0 Å². The number of hydrogen-bond donors (Lipinski definition) is 2. The summed E-state index contributed by atoms with van der Waals surface area (Å²) in [6.45, 7) is 0.766. The van der Waals surface area contributed by atoms with Crippen molar-refractivity contribution in [3.63, 3.8) is 0 Å². The van der Waals surface area contributed by atoms with Crippen LogP contribution in [-0.2, 0) is 11.3 Å². The van der Waals surface area contributed by atoms with Crippen LogP contribution in [0, 0.1) is 0 Å². The Bertz CT molecular complexity index is 650. The van der Waals surface area contributed by atoms with Crippen LogP contribution in [0.5, 0.6) is 0 Å². The minimum Gasteiger partial charge on any atom is -0.383 e. The summed E-state index contributed by atoms with van der Waals surface area (Å²) in [4.78, 5) is 23.2. The number of amides is 1. The molecule has 4 N–H and O–H groups in total. The largest absolute Gasteiger partial charge is 0.383 e. The summed E-state index contributed by atoms with van der Waals surface area (Å²) in [7, 11) is 0. The van der Waals surface area contributed by atoms with Crippen molar-refractivity contribution in [3.8, 4) is 0 Å². The molecule has 7 heteroatoms. The molecule has 1 saturated carbocycles. The van der Waals surface area contributed by atoms with E-state index in [4.69, 9.17) is 11.5 Å². The quantitative estimate of drug-likeness (QED) is 0.872. The minimum absolute atomic E-state index is 0.246. The van der Waals surface area contributed by atoms with Crippen LogP contribution in [0.2, 0.25) is 0 Å². The molecule has 1 aliphatic carbocycles. The fourth-order valence-corrected chi connectivity index (χ4v) is 3.75. The van der Waals surface area contributed by atoms with Crippen LogP contribution in [-0.4, -0.2) is 33.4 Å². The van der Waals surface area contributed by atoms with Crippen molar-refractivity contribution in [2.24, 2.45) is 5.73 Å². The Morgan fingerprint density at radius 2 is 2.14 bits per heavy atom. The van der Waals surface area contributed by atoms with Crippen LogP contribution >= 0.6 is 11.3 Å². The number of thiophene rings is 1. The van der Waals surface area contributed by atoms with E-state index in [1.807, 2.05) is 11.4 Å². The fourth-order valence-electron chi connectivity index (χ4n) is 2.96. The maximum absolute atomic E-state index is 11.3. The van der Waals surface area contributed by atoms with Gasteiger partial charge >= 0.3 is 0 Å². The van der Waals surface area contributed by atoms with Crippen molar-refractivity contribution >= 4 is 33.3 Å². The number of nitrogens with two attached hydrogens (primary N) is 2. The van der Waals surface area contributed by atoms with Crippen LogP contribution in [0.1, 0.15) is 31.5 Å². The van der Waals surface area contributed by atoms with Gasteiger partial charge in [0.1, 0.15) is 16.5 Å². The molecular weight excluding hydrogens is 286 g/mol. The zero-order valence-electron chi connectivity index (χ0n) is 11.8. The Morgan fingerprint density at radius 1 is 1.38 bits per heavy atom. The summed E-state index contributed by atoms with van der Waals surface area (Å²) in [6.07, 6.45) is 4.60. The molecule has 2 heterocycles. The molecule has 0 aliphatic heterocycles. The Morgan fingerprint density at radius 3 is 2.86 bits per heavy atom. The van der Waals surface area contributed by atoms with Gasteiger partial charge in [-0.05, 0) is 24.3 Å². The molecule has 0 spiro atoms. The average molecular weight is 305 g/mol. The Balaban J connectivity index is 1.83. The van der Waals surface area contributed by atoms with Gasteiger partial charge in [-0.15, -0.1) is 11.3 Å². The number of primary amides is 1.